The second kappa shape index (κ2) is 6.66. The van der Waals surface area contributed by atoms with E-state index in [1.54, 1.807) is 24.3 Å². The minimum absolute atomic E-state index is 0.0844. The van der Waals surface area contributed by atoms with Gasteiger partial charge < -0.3 is 15.0 Å². The fourth-order valence-electron chi connectivity index (χ4n) is 2.43. The summed E-state index contributed by atoms with van der Waals surface area (Å²) < 4.78 is 32.4. The van der Waals surface area contributed by atoms with Gasteiger partial charge in [0.25, 0.3) is 5.91 Å². The van der Waals surface area contributed by atoms with E-state index in [0.29, 0.717) is 11.4 Å². The Morgan fingerprint density at radius 1 is 1.12 bits per heavy atom. The first-order chi connectivity index (χ1) is 11.6. The highest BCUT2D eigenvalue weighted by atomic mass is 19.1. The Labute approximate surface area is 136 Å². The highest BCUT2D eigenvalue weighted by Gasteiger charge is 2.25. The molecule has 2 amide bonds. The molecule has 2 aromatic rings. The van der Waals surface area contributed by atoms with Crippen LogP contribution in [0.4, 0.5) is 20.2 Å². The van der Waals surface area contributed by atoms with Crippen LogP contribution in [0.2, 0.25) is 0 Å². The molecule has 124 valence electrons. The zero-order chi connectivity index (χ0) is 17.1. The molecule has 0 saturated carbocycles. The summed E-state index contributed by atoms with van der Waals surface area (Å²) in [4.78, 5) is 25.4. The molecule has 0 saturated heterocycles. The van der Waals surface area contributed by atoms with Crippen molar-refractivity contribution >= 4 is 23.2 Å². The summed E-state index contributed by atoms with van der Waals surface area (Å²) in [5, 5.41) is 2.20. The van der Waals surface area contributed by atoms with Gasteiger partial charge in [0.15, 0.2) is 6.61 Å². The van der Waals surface area contributed by atoms with Crippen molar-refractivity contribution in [1.82, 2.24) is 0 Å². The van der Waals surface area contributed by atoms with Gasteiger partial charge in [-0.3, -0.25) is 9.59 Å². The molecule has 1 aliphatic heterocycles. The minimum atomic E-state index is -0.851. The van der Waals surface area contributed by atoms with Crippen molar-refractivity contribution in [1.29, 1.82) is 0 Å². The summed E-state index contributed by atoms with van der Waals surface area (Å²) in [6, 6.07) is 10.3. The SMILES string of the molecule is O=C(CCN1C(=O)COc2ccccc21)Nc1c(F)cccc1F. The van der Waals surface area contributed by atoms with Gasteiger partial charge in [0.1, 0.15) is 23.1 Å². The van der Waals surface area contributed by atoms with Crippen LogP contribution < -0.4 is 15.0 Å². The molecule has 0 aliphatic carbocycles. The van der Waals surface area contributed by atoms with Crippen molar-refractivity contribution in [2.45, 2.75) is 6.42 Å². The molecule has 2 aromatic carbocycles. The van der Waals surface area contributed by atoms with Crippen LogP contribution in [0, 0.1) is 11.6 Å². The first-order valence-electron chi connectivity index (χ1n) is 7.32. The van der Waals surface area contributed by atoms with Crippen molar-refractivity contribution in [3.8, 4) is 5.75 Å². The first kappa shape index (κ1) is 15.9. The number of anilines is 2. The quantitative estimate of drug-likeness (QED) is 0.936. The molecule has 1 heterocycles. The lowest BCUT2D eigenvalue weighted by Gasteiger charge is -2.29. The van der Waals surface area contributed by atoms with Gasteiger partial charge in [-0.15, -0.1) is 0 Å². The number of benzene rings is 2. The maximum Gasteiger partial charge on any atom is 0.265 e. The summed E-state index contributed by atoms with van der Waals surface area (Å²) >= 11 is 0. The smallest absolute Gasteiger partial charge is 0.265 e. The van der Waals surface area contributed by atoms with E-state index in [2.05, 4.69) is 5.32 Å². The lowest BCUT2D eigenvalue weighted by molar-refractivity contribution is -0.121. The number of nitrogens with one attached hydrogen (secondary N) is 1. The van der Waals surface area contributed by atoms with Gasteiger partial charge >= 0.3 is 0 Å². The highest BCUT2D eigenvalue weighted by molar-refractivity contribution is 5.99. The molecule has 1 N–H and O–H groups in total. The molecule has 0 spiro atoms. The van der Waals surface area contributed by atoms with Crippen molar-refractivity contribution in [2.75, 3.05) is 23.4 Å². The molecule has 5 nitrogen and oxygen atoms in total. The molecule has 24 heavy (non-hydrogen) atoms. The molecular weight excluding hydrogens is 318 g/mol. The summed E-state index contributed by atoms with van der Waals surface area (Å²) in [6.45, 7) is -0.0261. The molecule has 0 fully saturated rings. The Morgan fingerprint density at radius 2 is 1.83 bits per heavy atom. The number of ether oxygens (including phenoxy) is 1. The van der Waals surface area contributed by atoms with Gasteiger partial charge in [0.2, 0.25) is 5.91 Å². The topological polar surface area (TPSA) is 58.6 Å². The molecule has 0 radical (unpaired) electrons. The Morgan fingerprint density at radius 3 is 2.58 bits per heavy atom. The van der Waals surface area contributed by atoms with E-state index >= 15 is 0 Å². The molecule has 3 rings (SSSR count). The number of fused-ring (bicyclic) bond motifs is 1. The van der Waals surface area contributed by atoms with Crippen LogP contribution >= 0.6 is 0 Å². The van der Waals surface area contributed by atoms with E-state index in [4.69, 9.17) is 4.74 Å². The second-order valence-corrected chi connectivity index (χ2v) is 5.20. The number of nitrogens with zero attached hydrogens (tertiary/aromatic N) is 1. The highest BCUT2D eigenvalue weighted by Crippen LogP contribution is 2.31. The number of rotatable bonds is 4. The average Bonchev–Trinajstić information content (AvgIpc) is 2.57. The van der Waals surface area contributed by atoms with E-state index in [1.807, 2.05) is 0 Å². The van der Waals surface area contributed by atoms with Crippen LogP contribution in [0.25, 0.3) is 0 Å². The zero-order valence-electron chi connectivity index (χ0n) is 12.6. The molecule has 0 unspecified atom stereocenters. The Kier molecular flexibility index (Phi) is 4.41. The van der Waals surface area contributed by atoms with Gasteiger partial charge in [0, 0.05) is 13.0 Å². The van der Waals surface area contributed by atoms with Crippen LogP contribution in [0.15, 0.2) is 42.5 Å². The normalized spacial score (nSPS) is 13.2. The van der Waals surface area contributed by atoms with Crippen molar-refractivity contribution in [2.24, 2.45) is 0 Å². The average molecular weight is 332 g/mol. The van der Waals surface area contributed by atoms with Crippen LogP contribution in [-0.4, -0.2) is 25.0 Å². The number of amides is 2. The summed E-state index contributed by atoms with van der Waals surface area (Å²) in [5.74, 6) is -2.01. The van der Waals surface area contributed by atoms with Crippen molar-refractivity contribution in [3.05, 3.63) is 54.1 Å². The predicted octanol–water partition coefficient (Wildman–Crippen LogP) is 2.72. The van der Waals surface area contributed by atoms with Crippen LogP contribution in [0.1, 0.15) is 6.42 Å². The van der Waals surface area contributed by atoms with Crippen LogP contribution in [-0.2, 0) is 9.59 Å². The molecule has 7 heteroatoms. The first-order valence-corrected chi connectivity index (χ1v) is 7.32. The van der Waals surface area contributed by atoms with E-state index in [1.165, 1.54) is 11.0 Å². The van der Waals surface area contributed by atoms with Gasteiger partial charge in [-0.25, -0.2) is 8.78 Å². The monoisotopic (exact) mass is 332 g/mol. The lowest BCUT2D eigenvalue weighted by atomic mass is 10.2. The van der Waals surface area contributed by atoms with Gasteiger partial charge in [-0.05, 0) is 24.3 Å². The third kappa shape index (κ3) is 3.19. The molecule has 1 aliphatic rings. The van der Waals surface area contributed by atoms with Crippen molar-refractivity contribution in [3.63, 3.8) is 0 Å². The van der Waals surface area contributed by atoms with E-state index in [0.717, 1.165) is 12.1 Å². The number of hydrogen-bond donors (Lipinski definition) is 1. The van der Waals surface area contributed by atoms with Gasteiger partial charge in [0.05, 0.1) is 5.69 Å². The number of halogens is 2. The van der Waals surface area contributed by atoms with E-state index in [9.17, 15) is 18.4 Å². The van der Waals surface area contributed by atoms with Crippen molar-refractivity contribution < 1.29 is 23.1 Å². The number of hydrogen-bond acceptors (Lipinski definition) is 3. The van der Waals surface area contributed by atoms with Gasteiger partial charge in [-0.2, -0.15) is 0 Å². The number of para-hydroxylation sites is 3. The second-order valence-electron chi connectivity index (χ2n) is 5.20. The lowest BCUT2D eigenvalue weighted by Crippen LogP contribution is -2.40. The maximum absolute atomic E-state index is 13.5. The van der Waals surface area contributed by atoms with E-state index in [-0.39, 0.29) is 25.5 Å². The minimum Gasteiger partial charge on any atom is -0.482 e. The largest absolute Gasteiger partial charge is 0.482 e. The fourth-order valence-corrected chi connectivity index (χ4v) is 2.43. The van der Waals surface area contributed by atoms with Crippen LogP contribution in [0.3, 0.4) is 0 Å². The van der Waals surface area contributed by atoms with Crippen LogP contribution in [0.5, 0.6) is 5.75 Å². The molecular formula is C17H14F2N2O3. The summed E-state index contributed by atoms with van der Waals surface area (Å²) in [5.41, 5.74) is 0.0785. The summed E-state index contributed by atoms with van der Waals surface area (Å²) in [7, 11) is 0. The fraction of sp³-hybridized carbons (Fsp3) is 0.176. The maximum atomic E-state index is 13.5. The Bertz CT molecular complexity index is 775. The number of carbonyl (C=O) groups excluding carboxylic acids is 2. The predicted molar refractivity (Wildman–Crippen MR) is 83.9 cm³/mol. The molecule has 0 atom stereocenters. The third-order valence-corrected chi connectivity index (χ3v) is 3.60. The standard InChI is InChI=1S/C17H14F2N2O3/c18-11-4-3-5-12(19)17(11)20-15(22)8-9-21-13-6-1-2-7-14(13)24-10-16(21)23/h1-7H,8-10H2,(H,20,22). The molecule has 0 aromatic heterocycles. The van der Waals surface area contributed by atoms with Gasteiger partial charge in [-0.1, -0.05) is 18.2 Å². The Balaban J connectivity index is 1.67. The zero-order valence-corrected chi connectivity index (χ0v) is 12.6. The third-order valence-electron chi connectivity index (χ3n) is 3.60. The Hall–Kier alpha value is -2.96. The van der Waals surface area contributed by atoms with E-state index < -0.39 is 23.2 Å². The molecule has 0 bridgehead atoms. The summed E-state index contributed by atoms with van der Waals surface area (Å²) in [6.07, 6.45) is -0.103. The number of carbonyl (C=O) groups is 2.